The van der Waals surface area contributed by atoms with Gasteiger partial charge in [-0.05, 0) is 18.5 Å². The normalized spacial score (nSPS) is 16.5. The van der Waals surface area contributed by atoms with E-state index in [1.165, 1.54) is 4.88 Å². The number of hydrogen-bond donors (Lipinski definition) is 1. The molecule has 0 atom stereocenters. The average molecular weight is 253 g/mol. The van der Waals surface area contributed by atoms with E-state index in [9.17, 15) is 0 Å². The molecule has 0 unspecified atom stereocenters. The zero-order chi connectivity index (χ0) is 9.26. The molecule has 1 saturated heterocycles. The highest BCUT2D eigenvalue weighted by Gasteiger charge is 2.21. The first kappa shape index (κ1) is 12.3. The Bertz CT molecular complexity index is 286. The molecule has 0 aliphatic carbocycles. The third-order valence-corrected chi connectivity index (χ3v) is 3.84. The second-order valence-electron chi connectivity index (χ2n) is 3.42. The number of hydrogen-bond acceptors (Lipinski definition) is 3. The van der Waals surface area contributed by atoms with Crippen molar-refractivity contribution in [1.29, 1.82) is 0 Å². The van der Waals surface area contributed by atoms with Crippen LogP contribution >= 0.6 is 35.3 Å². The topological polar surface area (TPSA) is 15.3 Å². The molecule has 5 heteroatoms. The van der Waals surface area contributed by atoms with Crippen LogP contribution in [-0.2, 0) is 6.54 Å². The van der Waals surface area contributed by atoms with Gasteiger partial charge in [-0.15, -0.1) is 23.7 Å². The maximum Gasteiger partial charge on any atom is 0.0558 e. The predicted molar refractivity (Wildman–Crippen MR) is 64.7 cm³/mol. The van der Waals surface area contributed by atoms with E-state index in [4.69, 9.17) is 11.6 Å². The van der Waals surface area contributed by atoms with Crippen LogP contribution in [0.25, 0.3) is 0 Å². The molecule has 1 aromatic rings. The Hall–Kier alpha value is 0.200. The number of halogens is 2. The van der Waals surface area contributed by atoms with Crippen molar-refractivity contribution in [1.82, 2.24) is 10.2 Å². The fourth-order valence-corrected chi connectivity index (χ4v) is 2.54. The number of nitrogens with one attached hydrogen (secondary N) is 1. The molecule has 14 heavy (non-hydrogen) atoms. The van der Waals surface area contributed by atoms with E-state index in [-0.39, 0.29) is 12.4 Å². The van der Waals surface area contributed by atoms with Crippen LogP contribution < -0.4 is 5.32 Å². The first-order chi connectivity index (χ1) is 6.27. The minimum absolute atomic E-state index is 0. The van der Waals surface area contributed by atoms with Gasteiger partial charge in [0.15, 0.2) is 0 Å². The first-order valence-electron chi connectivity index (χ1n) is 4.40. The quantitative estimate of drug-likeness (QED) is 0.888. The molecular weight excluding hydrogens is 239 g/mol. The molecule has 1 fully saturated rings. The molecule has 1 aromatic heterocycles. The maximum absolute atomic E-state index is 6.02. The summed E-state index contributed by atoms with van der Waals surface area (Å²) in [5.74, 6) is 0. The van der Waals surface area contributed by atoms with E-state index in [1.54, 1.807) is 11.3 Å². The number of nitrogens with zero attached hydrogens (tertiary/aromatic N) is 1. The van der Waals surface area contributed by atoms with Crippen LogP contribution in [0.4, 0.5) is 0 Å². The second kappa shape index (κ2) is 5.33. The second-order valence-corrected chi connectivity index (χ2v) is 4.83. The molecule has 0 saturated carbocycles. The zero-order valence-electron chi connectivity index (χ0n) is 8.00. The van der Waals surface area contributed by atoms with Gasteiger partial charge in [0, 0.05) is 30.6 Å². The molecule has 0 aromatic carbocycles. The standard InChI is InChI=1S/C9H13ClN2S.ClH/c1-12(7-4-11-5-7)6-9-8(10)2-3-13-9;/h2-3,7,11H,4-6H2,1H3;1H. The van der Waals surface area contributed by atoms with Crippen molar-refractivity contribution in [3.63, 3.8) is 0 Å². The third kappa shape index (κ3) is 2.61. The van der Waals surface area contributed by atoms with E-state index in [2.05, 4.69) is 17.3 Å². The molecule has 0 spiro atoms. The molecular formula is C9H14Cl2N2S. The smallest absolute Gasteiger partial charge is 0.0558 e. The van der Waals surface area contributed by atoms with E-state index in [0.29, 0.717) is 6.04 Å². The van der Waals surface area contributed by atoms with Crippen LogP contribution in [0.15, 0.2) is 11.4 Å². The SMILES string of the molecule is CN(Cc1sccc1Cl)C1CNC1.Cl. The minimum atomic E-state index is 0. The van der Waals surface area contributed by atoms with Crippen molar-refractivity contribution in [3.8, 4) is 0 Å². The van der Waals surface area contributed by atoms with E-state index in [1.807, 2.05) is 11.4 Å². The van der Waals surface area contributed by atoms with Crippen molar-refractivity contribution >= 4 is 35.3 Å². The van der Waals surface area contributed by atoms with Gasteiger partial charge in [0.05, 0.1) is 5.02 Å². The number of likely N-dealkylation sites (N-methyl/N-ethyl adjacent to an activating group) is 1. The average Bonchev–Trinajstić information content (AvgIpc) is 2.32. The van der Waals surface area contributed by atoms with Gasteiger partial charge in [0.1, 0.15) is 0 Å². The third-order valence-electron chi connectivity index (χ3n) is 2.47. The Kier molecular flexibility index (Phi) is 4.67. The van der Waals surface area contributed by atoms with E-state index < -0.39 is 0 Å². The van der Waals surface area contributed by atoms with Gasteiger partial charge in [-0.25, -0.2) is 0 Å². The predicted octanol–water partition coefficient (Wildman–Crippen LogP) is 2.23. The molecule has 0 bridgehead atoms. The Morgan fingerprint density at radius 2 is 2.36 bits per heavy atom. The van der Waals surface area contributed by atoms with E-state index in [0.717, 1.165) is 24.7 Å². The molecule has 1 aliphatic rings. The lowest BCUT2D eigenvalue weighted by Crippen LogP contribution is -2.55. The van der Waals surface area contributed by atoms with Gasteiger partial charge in [0.2, 0.25) is 0 Å². The Morgan fingerprint density at radius 1 is 1.64 bits per heavy atom. The summed E-state index contributed by atoms with van der Waals surface area (Å²) in [4.78, 5) is 3.63. The highest BCUT2D eigenvalue weighted by atomic mass is 35.5. The van der Waals surface area contributed by atoms with Crippen molar-refractivity contribution in [3.05, 3.63) is 21.3 Å². The molecule has 80 valence electrons. The Balaban J connectivity index is 0.000000980. The van der Waals surface area contributed by atoms with Gasteiger partial charge in [-0.1, -0.05) is 11.6 Å². The molecule has 2 rings (SSSR count). The highest BCUT2D eigenvalue weighted by Crippen LogP contribution is 2.24. The van der Waals surface area contributed by atoms with Gasteiger partial charge >= 0.3 is 0 Å². The Morgan fingerprint density at radius 3 is 2.79 bits per heavy atom. The van der Waals surface area contributed by atoms with Gasteiger partial charge < -0.3 is 5.32 Å². The van der Waals surface area contributed by atoms with Crippen molar-refractivity contribution < 1.29 is 0 Å². The lowest BCUT2D eigenvalue weighted by molar-refractivity contribution is 0.174. The molecule has 1 aliphatic heterocycles. The van der Waals surface area contributed by atoms with Crippen LogP contribution in [0.5, 0.6) is 0 Å². The summed E-state index contributed by atoms with van der Waals surface area (Å²) in [5.41, 5.74) is 0. The first-order valence-corrected chi connectivity index (χ1v) is 5.66. The summed E-state index contributed by atoms with van der Waals surface area (Å²) < 4.78 is 0. The minimum Gasteiger partial charge on any atom is -0.314 e. The number of thiophene rings is 1. The summed E-state index contributed by atoms with van der Waals surface area (Å²) in [6.45, 7) is 3.20. The fraction of sp³-hybridized carbons (Fsp3) is 0.556. The lowest BCUT2D eigenvalue weighted by atomic mass is 10.1. The molecule has 1 N–H and O–H groups in total. The lowest BCUT2D eigenvalue weighted by Gasteiger charge is -2.35. The van der Waals surface area contributed by atoms with Gasteiger partial charge in [-0.3, -0.25) is 4.90 Å². The van der Waals surface area contributed by atoms with Crippen molar-refractivity contribution in [2.24, 2.45) is 0 Å². The van der Waals surface area contributed by atoms with Crippen molar-refractivity contribution in [2.45, 2.75) is 12.6 Å². The highest BCUT2D eigenvalue weighted by molar-refractivity contribution is 7.10. The van der Waals surface area contributed by atoms with Crippen LogP contribution in [0, 0.1) is 0 Å². The summed E-state index contributed by atoms with van der Waals surface area (Å²) >= 11 is 7.75. The molecule has 0 amide bonds. The molecule has 2 nitrogen and oxygen atoms in total. The fourth-order valence-electron chi connectivity index (χ4n) is 1.38. The van der Waals surface area contributed by atoms with Gasteiger partial charge in [0.25, 0.3) is 0 Å². The zero-order valence-corrected chi connectivity index (χ0v) is 10.4. The maximum atomic E-state index is 6.02. The van der Waals surface area contributed by atoms with Crippen LogP contribution in [0.1, 0.15) is 4.88 Å². The largest absolute Gasteiger partial charge is 0.314 e. The summed E-state index contributed by atoms with van der Waals surface area (Å²) in [7, 11) is 2.15. The van der Waals surface area contributed by atoms with E-state index >= 15 is 0 Å². The summed E-state index contributed by atoms with van der Waals surface area (Å²) in [6.07, 6.45) is 0. The monoisotopic (exact) mass is 252 g/mol. The van der Waals surface area contributed by atoms with Gasteiger partial charge in [-0.2, -0.15) is 0 Å². The van der Waals surface area contributed by atoms with Crippen molar-refractivity contribution in [2.75, 3.05) is 20.1 Å². The van der Waals surface area contributed by atoms with Crippen LogP contribution in [0.3, 0.4) is 0 Å². The summed E-state index contributed by atoms with van der Waals surface area (Å²) in [6, 6.07) is 2.66. The number of rotatable bonds is 3. The van der Waals surface area contributed by atoms with Crippen LogP contribution in [0.2, 0.25) is 5.02 Å². The summed E-state index contributed by atoms with van der Waals surface area (Å²) in [5, 5.41) is 6.22. The Labute approximate surface area is 99.7 Å². The van der Waals surface area contributed by atoms with Crippen LogP contribution in [-0.4, -0.2) is 31.1 Å². The molecule has 0 radical (unpaired) electrons. The molecule has 2 heterocycles.